The Morgan fingerprint density at radius 3 is 2.39 bits per heavy atom. The molecular formula is C17H16F3NOS. The molecule has 122 valence electrons. The summed E-state index contributed by atoms with van der Waals surface area (Å²) >= 11 is 1.03. The number of hydrogen-bond donors (Lipinski definition) is 1. The maximum Gasteiger partial charge on any atom is 0.233 e. The Balaban J connectivity index is 1.81. The number of nitrogens with one attached hydrogen (secondary N) is 1. The minimum Gasteiger partial charge on any atom is -0.355 e. The number of hydrogen-bond acceptors (Lipinski definition) is 2. The summed E-state index contributed by atoms with van der Waals surface area (Å²) in [4.78, 5) is 12.2. The molecule has 2 nitrogen and oxygen atoms in total. The summed E-state index contributed by atoms with van der Waals surface area (Å²) in [6.07, 6.45) is 0.578. The van der Waals surface area contributed by atoms with Crippen LogP contribution in [0.2, 0.25) is 0 Å². The quantitative estimate of drug-likeness (QED) is 0.808. The third kappa shape index (κ3) is 5.32. The predicted molar refractivity (Wildman–Crippen MR) is 84.8 cm³/mol. The van der Waals surface area contributed by atoms with Crippen LogP contribution in [0.3, 0.4) is 0 Å². The highest BCUT2D eigenvalue weighted by Gasteiger charge is 2.16. The first-order valence-corrected chi connectivity index (χ1v) is 7.97. The lowest BCUT2D eigenvalue weighted by atomic mass is 10.1. The second kappa shape index (κ2) is 8.06. The molecule has 1 atom stereocenters. The minimum atomic E-state index is -0.680. The summed E-state index contributed by atoms with van der Waals surface area (Å²) in [7, 11) is 0. The molecule has 0 heterocycles. The molecule has 0 unspecified atom stereocenters. The van der Waals surface area contributed by atoms with E-state index in [1.165, 1.54) is 18.2 Å². The van der Waals surface area contributed by atoms with E-state index >= 15 is 0 Å². The van der Waals surface area contributed by atoms with E-state index in [2.05, 4.69) is 5.32 Å². The Hall–Kier alpha value is -1.95. The summed E-state index contributed by atoms with van der Waals surface area (Å²) in [6.45, 7) is 2.06. The van der Waals surface area contributed by atoms with Gasteiger partial charge in [0.2, 0.25) is 5.91 Å². The van der Waals surface area contributed by atoms with Crippen molar-refractivity contribution in [2.75, 3.05) is 6.54 Å². The Morgan fingerprint density at radius 2 is 1.74 bits per heavy atom. The lowest BCUT2D eigenvalue weighted by Gasteiger charge is -2.12. The number of amides is 1. The lowest BCUT2D eigenvalue weighted by Crippen LogP contribution is -2.32. The maximum atomic E-state index is 13.6. The molecular weight excluding hydrogens is 323 g/mol. The number of rotatable bonds is 6. The minimum absolute atomic E-state index is 0.229. The van der Waals surface area contributed by atoms with Crippen molar-refractivity contribution in [1.82, 2.24) is 5.32 Å². The molecule has 2 aromatic carbocycles. The maximum absolute atomic E-state index is 13.6. The Bertz CT molecular complexity index is 676. The van der Waals surface area contributed by atoms with Crippen LogP contribution in [0.15, 0.2) is 47.4 Å². The largest absolute Gasteiger partial charge is 0.355 e. The van der Waals surface area contributed by atoms with Crippen molar-refractivity contribution >= 4 is 17.7 Å². The van der Waals surface area contributed by atoms with E-state index in [0.29, 0.717) is 13.0 Å². The lowest BCUT2D eigenvalue weighted by molar-refractivity contribution is -0.120. The zero-order valence-electron chi connectivity index (χ0n) is 12.5. The van der Waals surface area contributed by atoms with Crippen LogP contribution in [0.4, 0.5) is 13.2 Å². The molecule has 0 aliphatic rings. The topological polar surface area (TPSA) is 29.1 Å². The molecule has 2 rings (SSSR count). The zero-order chi connectivity index (χ0) is 16.8. The molecule has 0 bridgehead atoms. The van der Waals surface area contributed by atoms with Crippen molar-refractivity contribution < 1.29 is 18.0 Å². The average Bonchev–Trinajstić information content (AvgIpc) is 2.51. The monoisotopic (exact) mass is 339 g/mol. The molecule has 6 heteroatoms. The van der Waals surface area contributed by atoms with Crippen LogP contribution in [-0.2, 0) is 11.2 Å². The van der Waals surface area contributed by atoms with E-state index in [0.717, 1.165) is 29.5 Å². The molecule has 0 fully saturated rings. The Kier molecular flexibility index (Phi) is 6.10. The highest BCUT2D eigenvalue weighted by molar-refractivity contribution is 8.00. The second-order valence-corrected chi connectivity index (χ2v) is 6.38. The summed E-state index contributed by atoms with van der Waals surface area (Å²) in [6, 6.07) is 9.32. The first kappa shape index (κ1) is 17.4. The van der Waals surface area contributed by atoms with E-state index in [1.54, 1.807) is 19.1 Å². The van der Waals surface area contributed by atoms with Crippen molar-refractivity contribution in [2.45, 2.75) is 23.5 Å². The van der Waals surface area contributed by atoms with E-state index in [-0.39, 0.29) is 16.6 Å². The molecule has 23 heavy (non-hydrogen) atoms. The van der Waals surface area contributed by atoms with Crippen molar-refractivity contribution in [3.05, 3.63) is 65.5 Å². The average molecular weight is 339 g/mol. The van der Waals surface area contributed by atoms with E-state index < -0.39 is 16.9 Å². The first-order valence-electron chi connectivity index (χ1n) is 7.09. The summed E-state index contributed by atoms with van der Waals surface area (Å²) < 4.78 is 39.2. The fourth-order valence-corrected chi connectivity index (χ4v) is 2.83. The first-order chi connectivity index (χ1) is 11.0. The molecule has 0 aromatic heterocycles. The molecule has 2 aromatic rings. The van der Waals surface area contributed by atoms with Crippen molar-refractivity contribution in [3.63, 3.8) is 0 Å². The van der Waals surface area contributed by atoms with Crippen molar-refractivity contribution in [3.8, 4) is 0 Å². The summed E-state index contributed by atoms with van der Waals surface area (Å²) in [5.41, 5.74) is 0.914. The van der Waals surface area contributed by atoms with Crippen LogP contribution < -0.4 is 5.32 Å². The second-order valence-electron chi connectivity index (χ2n) is 5.00. The number of thioether (sulfide) groups is 1. The van der Waals surface area contributed by atoms with Gasteiger partial charge >= 0.3 is 0 Å². The normalized spacial score (nSPS) is 12.0. The Labute approximate surface area is 137 Å². The van der Waals surface area contributed by atoms with Gasteiger partial charge < -0.3 is 5.32 Å². The fraction of sp³-hybridized carbons (Fsp3) is 0.235. The highest BCUT2D eigenvalue weighted by atomic mass is 32.2. The van der Waals surface area contributed by atoms with E-state index in [4.69, 9.17) is 0 Å². The van der Waals surface area contributed by atoms with E-state index in [9.17, 15) is 18.0 Å². The van der Waals surface area contributed by atoms with Crippen LogP contribution >= 0.6 is 11.8 Å². The van der Waals surface area contributed by atoms with Gasteiger partial charge in [-0.15, -0.1) is 11.8 Å². The van der Waals surface area contributed by atoms with Gasteiger partial charge in [-0.05, 0) is 43.2 Å². The van der Waals surface area contributed by atoms with Crippen LogP contribution in [0.25, 0.3) is 0 Å². The number of carbonyl (C=O) groups is 1. The van der Waals surface area contributed by atoms with Gasteiger partial charge in [0.05, 0.1) is 5.25 Å². The van der Waals surface area contributed by atoms with Gasteiger partial charge in [-0.1, -0.05) is 12.1 Å². The standard InChI is InChI=1S/C17H16F3NOS/c1-11(23-16-7-6-14(19)10-15(16)20)17(22)21-9-8-12-2-4-13(18)5-3-12/h2-7,10-11H,8-9H2,1H3,(H,21,22)/t11-/m0/s1. The highest BCUT2D eigenvalue weighted by Crippen LogP contribution is 2.26. The van der Waals surface area contributed by atoms with Gasteiger partial charge in [-0.2, -0.15) is 0 Å². The predicted octanol–water partition coefficient (Wildman–Crippen LogP) is 3.94. The van der Waals surface area contributed by atoms with Crippen molar-refractivity contribution in [2.24, 2.45) is 0 Å². The molecule has 0 radical (unpaired) electrons. The van der Waals surface area contributed by atoms with E-state index in [1.807, 2.05) is 0 Å². The Morgan fingerprint density at radius 1 is 1.09 bits per heavy atom. The molecule has 0 saturated carbocycles. The third-order valence-corrected chi connectivity index (χ3v) is 4.35. The van der Waals surface area contributed by atoms with Gasteiger partial charge in [0.15, 0.2) is 0 Å². The molecule has 1 N–H and O–H groups in total. The van der Waals surface area contributed by atoms with Crippen LogP contribution in [0.1, 0.15) is 12.5 Å². The van der Waals surface area contributed by atoms with Gasteiger partial charge in [0, 0.05) is 17.5 Å². The molecule has 0 aliphatic carbocycles. The van der Waals surface area contributed by atoms with Crippen LogP contribution in [-0.4, -0.2) is 17.7 Å². The third-order valence-electron chi connectivity index (χ3n) is 3.19. The zero-order valence-corrected chi connectivity index (χ0v) is 13.3. The van der Waals surface area contributed by atoms with Gasteiger partial charge in [0.25, 0.3) is 0 Å². The van der Waals surface area contributed by atoms with Gasteiger partial charge in [-0.25, -0.2) is 13.2 Å². The molecule has 0 saturated heterocycles. The summed E-state index contributed by atoms with van der Waals surface area (Å²) in [5, 5.41) is 2.24. The molecule has 0 spiro atoms. The van der Waals surface area contributed by atoms with Crippen LogP contribution in [0.5, 0.6) is 0 Å². The van der Waals surface area contributed by atoms with Crippen molar-refractivity contribution in [1.29, 1.82) is 0 Å². The molecule has 1 amide bonds. The number of halogens is 3. The fourth-order valence-electron chi connectivity index (χ4n) is 1.94. The van der Waals surface area contributed by atoms with Gasteiger partial charge in [-0.3, -0.25) is 4.79 Å². The van der Waals surface area contributed by atoms with Gasteiger partial charge in [0.1, 0.15) is 17.5 Å². The van der Waals surface area contributed by atoms with Crippen LogP contribution in [0, 0.1) is 17.5 Å². The number of benzene rings is 2. The smallest absolute Gasteiger partial charge is 0.233 e. The molecule has 0 aliphatic heterocycles. The summed E-state index contributed by atoms with van der Waals surface area (Å²) in [5.74, 6) is -1.87. The SMILES string of the molecule is C[C@H](Sc1ccc(F)cc1F)C(=O)NCCc1ccc(F)cc1. The number of carbonyl (C=O) groups excluding carboxylic acids is 1.